The quantitative estimate of drug-likeness (QED) is 0.300. The highest BCUT2D eigenvalue weighted by atomic mass is 35.6. The van der Waals surface area contributed by atoms with Gasteiger partial charge in [0.25, 0.3) is 5.91 Å². The average Bonchev–Trinajstić information content (AvgIpc) is 2.57. The number of hydrogen-bond donors (Lipinski definition) is 3. The molecule has 27 heavy (non-hydrogen) atoms. The van der Waals surface area contributed by atoms with E-state index in [2.05, 4.69) is 16.0 Å². The first kappa shape index (κ1) is 22.3. The normalized spacial score (nSPS) is 12.2. The van der Waals surface area contributed by atoms with E-state index in [1.807, 2.05) is 0 Å². The molecule has 144 valence electrons. The van der Waals surface area contributed by atoms with Crippen LogP contribution in [-0.4, -0.2) is 21.0 Å². The van der Waals surface area contributed by atoms with Crippen molar-refractivity contribution in [3.63, 3.8) is 0 Å². The number of benzene rings is 2. The SMILES string of the molecule is O=C(NC(NC(=S)Nc1cc(Cl)ccc1Cl)C(Cl)(Cl)Cl)c1ccc(F)cc1. The van der Waals surface area contributed by atoms with Gasteiger partial charge in [-0.2, -0.15) is 0 Å². The lowest BCUT2D eigenvalue weighted by Gasteiger charge is -2.28. The zero-order chi connectivity index (χ0) is 20.2. The van der Waals surface area contributed by atoms with Gasteiger partial charge in [-0.25, -0.2) is 4.39 Å². The zero-order valence-electron chi connectivity index (χ0n) is 13.2. The second-order valence-corrected chi connectivity index (χ2v) is 8.80. The monoisotopic (exact) mass is 487 g/mol. The minimum atomic E-state index is -1.94. The fraction of sp³-hybridized carbons (Fsp3) is 0.125. The lowest BCUT2D eigenvalue weighted by molar-refractivity contribution is 0.0934. The highest BCUT2D eigenvalue weighted by molar-refractivity contribution is 7.80. The van der Waals surface area contributed by atoms with Gasteiger partial charge in [0.15, 0.2) is 5.11 Å². The first-order valence-electron chi connectivity index (χ1n) is 7.22. The summed E-state index contributed by atoms with van der Waals surface area (Å²) in [5.41, 5.74) is 0.601. The van der Waals surface area contributed by atoms with Gasteiger partial charge in [-0.15, -0.1) is 0 Å². The molecule has 0 bridgehead atoms. The van der Waals surface area contributed by atoms with Gasteiger partial charge in [-0.3, -0.25) is 4.79 Å². The fourth-order valence-electron chi connectivity index (χ4n) is 1.90. The summed E-state index contributed by atoms with van der Waals surface area (Å²) in [4.78, 5) is 12.3. The Morgan fingerprint density at radius 2 is 1.67 bits per heavy atom. The number of carbonyl (C=O) groups is 1. The number of thiocarbonyl (C=S) groups is 1. The Labute approximate surface area is 185 Å². The Morgan fingerprint density at radius 3 is 2.26 bits per heavy atom. The summed E-state index contributed by atoms with van der Waals surface area (Å²) < 4.78 is 11.0. The summed E-state index contributed by atoms with van der Waals surface area (Å²) in [6.07, 6.45) is -1.20. The summed E-state index contributed by atoms with van der Waals surface area (Å²) >= 11 is 34.9. The number of carbonyl (C=O) groups excluding carboxylic acids is 1. The van der Waals surface area contributed by atoms with Gasteiger partial charge in [-0.1, -0.05) is 58.0 Å². The maximum Gasteiger partial charge on any atom is 0.252 e. The van der Waals surface area contributed by atoms with E-state index in [4.69, 9.17) is 70.2 Å². The van der Waals surface area contributed by atoms with Crippen LogP contribution in [0.5, 0.6) is 0 Å². The molecule has 11 heteroatoms. The van der Waals surface area contributed by atoms with E-state index in [9.17, 15) is 9.18 Å². The summed E-state index contributed by atoms with van der Waals surface area (Å²) in [7, 11) is 0. The number of rotatable bonds is 4. The summed E-state index contributed by atoms with van der Waals surface area (Å²) in [6.45, 7) is 0. The van der Waals surface area contributed by atoms with E-state index < -0.39 is 21.7 Å². The van der Waals surface area contributed by atoms with E-state index in [-0.39, 0.29) is 10.7 Å². The molecule has 2 aromatic carbocycles. The van der Waals surface area contributed by atoms with E-state index in [1.54, 1.807) is 18.2 Å². The average molecular weight is 490 g/mol. The van der Waals surface area contributed by atoms with Gasteiger partial charge in [-0.05, 0) is 54.7 Å². The molecule has 0 aliphatic carbocycles. The summed E-state index contributed by atoms with van der Waals surface area (Å²) in [5.74, 6) is -1.08. The topological polar surface area (TPSA) is 53.2 Å². The third kappa shape index (κ3) is 6.82. The fourth-order valence-corrected chi connectivity index (χ4v) is 2.79. The molecule has 1 unspecified atom stereocenters. The number of alkyl halides is 3. The predicted octanol–water partition coefficient (Wildman–Crippen LogP) is 5.55. The molecular weight excluding hydrogens is 479 g/mol. The van der Waals surface area contributed by atoms with E-state index in [0.29, 0.717) is 15.7 Å². The molecule has 4 nitrogen and oxygen atoms in total. The van der Waals surface area contributed by atoms with Gasteiger partial charge < -0.3 is 16.0 Å². The van der Waals surface area contributed by atoms with Crippen molar-refractivity contribution in [1.29, 1.82) is 0 Å². The third-order valence-corrected chi connectivity index (χ3v) is 4.60. The first-order valence-corrected chi connectivity index (χ1v) is 9.52. The van der Waals surface area contributed by atoms with Crippen molar-refractivity contribution in [2.45, 2.75) is 9.96 Å². The van der Waals surface area contributed by atoms with Crippen molar-refractivity contribution >= 4 is 86.9 Å². The lowest BCUT2D eigenvalue weighted by Crippen LogP contribution is -2.56. The lowest BCUT2D eigenvalue weighted by atomic mass is 10.2. The Morgan fingerprint density at radius 1 is 1.04 bits per heavy atom. The van der Waals surface area contributed by atoms with Crippen LogP contribution in [0, 0.1) is 5.82 Å². The highest BCUT2D eigenvalue weighted by Gasteiger charge is 2.35. The molecule has 2 rings (SSSR count). The standard InChI is InChI=1S/C16H11Cl5FN3OS/c17-9-3-6-11(18)12(7-9)23-15(27)25-14(16(19,20)21)24-13(26)8-1-4-10(22)5-2-8/h1-7,14H,(H,24,26)(H2,23,25,27). The molecule has 0 heterocycles. The summed E-state index contributed by atoms with van der Waals surface area (Å²) in [5, 5.41) is 8.79. The van der Waals surface area contributed by atoms with Crippen LogP contribution in [0.3, 0.4) is 0 Å². The number of amides is 1. The number of hydrogen-bond acceptors (Lipinski definition) is 2. The predicted molar refractivity (Wildman–Crippen MR) is 114 cm³/mol. The Balaban J connectivity index is 2.10. The first-order chi connectivity index (χ1) is 12.6. The Hall–Kier alpha value is -1.02. The smallest absolute Gasteiger partial charge is 0.252 e. The van der Waals surface area contributed by atoms with Crippen LogP contribution in [0.25, 0.3) is 0 Å². The molecule has 0 saturated heterocycles. The van der Waals surface area contributed by atoms with Crippen molar-refractivity contribution < 1.29 is 9.18 Å². The Kier molecular flexibility index (Phi) is 7.80. The second-order valence-electron chi connectivity index (χ2n) is 5.18. The van der Waals surface area contributed by atoms with Crippen molar-refractivity contribution in [1.82, 2.24) is 10.6 Å². The molecule has 3 N–H and O–H groups in total. The molecule has 1 atom stereocenters. The Bertz CT molecular complexity index is 845. The summed E-state index contributed by atoms with van der Waals surface area (Å²) in [6, 6.07) is 9.61. The molecule has 0 spiro atoms. The number of anilines is 1. The van der Waals surface area contributed by atoms with Gasteiger partial charge in [0.1, 0.15) is 12.0 Å². The molecule has 1 amide bonds. The van der Waals surface area contributed by atoms with Crippen LogP contribution in [0.4, 0.5) is 10.1 Å². The third-order valence-electron chi connectivity index (χ3n) is 3.16. The largest absolute Gasteiger partial charge is 0.339 e. The molecule has 0 radical (unpaired) electrons. The second kappa shape index (κ2) is 9.45. The van der Waals surface area contributed by atoms with Crippen LogP contribution < -0.4 is 16.0 Å². The molecular formula is C16H11Cl5FN3OS. The van der Waals surface area contributed by atoms with E-state index >= 15 is 0 Å². The minimum Gasteiger partial charge on any atom is -0.339 e. The minimum absolute atomic E-state index is 0.0231. The molecule has 0 aliphatic heterocycles. The van der Waals surface area contributed by atoms with Crippen molar-refractivity contribution in [2.24, 2.45) is 0 Å². The zero-order valence-corrected chi connectivity index (χ0v) is 17.8. The highest BCUT2D eigenvalue weighted by Crippen LogP contribution is 2.30. The molecule has 0 saturated carbocycles. The number of nitrogens with one attached hydrogen (secondary N) is 3. The van der Waals surface area contributed by atoms with Crippen LogP contribution in [0.1, 0.15) is 10.4 Å². The maximum atomic E-state index is 13.0. The molecule has 0 fully saturated rings. The molecule has 0 aromatic heterocycles. The van der Waals surface area contributed by atoms with E-state index in [0.717, 1.165) is 12.1 Å². The van der Waals surface area contributed by atoms with Crippen LogP contribution in [0.2, 0.25) is 10.0 Å². The van der Waals surface area contributed by atoms with E-state index in [1.165, 1.54) is 12.1 Å². The van der Waals surface area contributed by atoms with Gasteiger partial charge in [0, 0.05) is 10.6 Å². The number of halogens is 6. The van der Waals surface area contributed by atoms with Crippen molar-refractivity contribution in [2.75, 3.05) is 5.32 Å². The van der Waals surface area contributed by atoms with Crippen LogP contribution in [-0.2, 0) is 0 Å². The van der Waals surface area contributed by atoms with Gasteiger partial charge >= 0.3 is 0 Å². The molecule has 2 aromatic rings. The van der Waals surface area contributed by atoms with Crippen molar-refractivity contribution in [3.05, 3.63) is 63.9 Å². The van der Waals surface area contributed by atoms with Crippen molar-refractivity contribution in [3.8, 4) is 0 Å². The van der Waals surface area contributed by atoms with Crippen LogP contribution in [0.15, 0.2) is 42.5 Å². The van der Waals surface area contributed by atoms with Gasteiger partial charge in [0.2, 0.25) is 3.79 Å². The van der Waals surface area contributed by atoms with Gasteiger partial charge in [0.05, 0.1) is 10.7 Å². The maximum absolute atomic E-state index is 13.0. The molecule has 0 aliphatic rings. The van der Waals surface area contributed by atoms with Crippen LogP contribution >= 0.6 is 70.2 Å².